The second-order valence-electron chi connectivity index (χ2n) is 5.63. The molecule has 2 aromatic heterocycles. The Hall–Kier alpha value is -1.69. The van der Waals surface area contributed by atoms with Crippen LogP contribution in [0.2, 0.25) is 0 Å². The average molecular weight is 305 g/mol. The number of anilines is 1. The number of thiophene rings is 1. The zero-order chi connectivity index (χ0) is 15.0. The van der Waals surface area contributed by atoms with Crippen LogP contribution in [0, 0.1) is 18.8 Å². The standard InChI is InChI=1S/C15H19N3O2S/c1-3-4-10-7-18(8-11(10)15(19)20)14-13-12(5-6-21-13)16-9(2)17-14/h5-6,10-11H,3-4,7-8H2,1-2H3,(H,19,20)/t10-,11-/m1/s1. The van der Waals surface area contributed by atoms with E-state index in [-0.39, 0.29) is 11.8 Å². The van der Waals surface area contributed by atoms with Gasteiger partial charge >= 0.3 is 5.97 Å². The highest BCUT2D eigenvalue weighted by atomic mass is 32.1. The van der Waals surface area contributed by atoms with Crippen LogP contribution in [0.15, 0.2) is 11.4 Å². The lowest BCUT2D eigenvalue weighted by Gasteiger charge is -2.18. The van der Waals surface area contributed by atoms with Crippen molar-refractivity contribution in [3.05, 3.63) is 17.3 Å². The summed E-state index contributed by atoms with van der Waals surface area (Å²) in [6.07, 6.45) is 1.96. The van der Waals surface area contributed by atoms with Crippen molar-refractivity contribution in [3.63, 3.8) is 0 Å². The minimum absolute atomic E-state index is 0.206. The van der Waals surface area contributed by atoms with E-state index in [1.54, 1.807) is 11.3 Å². The van der Waals surface area contributed by atoms with Crippen molar-refractivity contribution >= 4 is 33.3 Å². The van der Waals surface area contributed by atoms with Gasteiger partial charge in [-0.05, 0) is 30.7 Å². The maximum absolute atomic E-state index is 11.5. The molecule has 0 aliphatic carbocycles. The molecule has 0 radical (unpaired) electrons. The first-order valence-corrected chi connectivity index (χ1v) is 8.17. The SMILES string of the molecule is CCC[C@@H]1CN(c2nc(C)nc3ccsc23)C[C@H]1C(=O)O. The van der Waals surface area contributed by atoms with Gasteiger partial charge in [0.15, 0.2) is 0 Å². The lowest BCUT2D eigenvalue weighted by atomic mass is 9.92. The van der Waals surface area contributed by atoms with Crippen molar-refractivity contribution in [1.29, 1.82) is 0 Å². The summed E-state index contributed by atoms with van der Waals surface area (Å²) in [6.45, 7) is 5.31. The molecule has 0 amide bonds. The first-order chi connectivity index (χ1) is 10.1. The Morgan fingerprint density at radius 3 is 3.00 bits per heavy atom. The second-order valence-corrected chi connectivity index (χ2v) is 6.54. The Morgan fingerprint density at radius 1 is 1.48 bits per heavy atom. The zero-order valence-corrected chi connectivity index (χ0v) is 13.1. The fourth-order valence-electron chi connectivity index (χ4n) is 3.16. The first kappa shape index (κ1) is 14.3. The molecule has 6 heteroatoms. The fraction of sp³-hybridized carbons (Fsp3) is 0.533. The third-order valence-corrected chi connectivity index (χ3v) is 5.01. The van der Waals surface area contributed by atoms with Gasteiger partial charge in [-0.1, -0.05) is 13.3 Å². The predicted molar refractivity (Wildman–Crippen MR) is 83.9 cm³/mol. The van der Waals surface area contributed by atoms with Gasteiger partial charge < -0.3 is 10.0 Å². The number of carboxylic acid groups (broad SMARTS) is 1. The first-order valence-electron chi connectivity index (χ1n) is 7.29. The molecule has 0 unspecified atom stereocenters. The Bertz CT molecular complexity index is 670. The molecule has 21 heavy (non-hydrogen) atoms. The summed E-state index contributed by atoms with van der Waals surface area (Å²) in [4.78, 5) is 22.6. The van der Waals surface area contributed by atoms with E-state index in [2.05, 4.69) is 21.8 Å². The monoisotopic (exact) mass is 305 g/mol. The molecule has 2 atom stereocenters. The van der Waals surface area contributed by atoms with E-state index in [1.165, 1.54) is 0 Å². The van der Waals surface area contributed by atoms with Gasteiger partial charge in [-0.3, -0.25) is 4.79 Å². The van der Waals surface area contributed by atoms with Gasteiger partial charge in [-0.25, -0.2) is 9.97 Å². The smallest absolute Gasteiger partial charge is 0.308 e. The average Bonchev–Trinajstić information content (AvgIpc) is 3.04. The minimum atomic E-state index is -0.691. The molecule has 3 rings (SSSR count). The number of carbonyl (C=O) groups is 1. The van der Waals surface area contributed by atoms with Crippen molar-refractivity contribution in [2.45, 2.75) is 26.7 Å². The number of carboxylic acids is 1. The summed E-state index contributed by atoms with van der Waals surface area (Å²) in [5.41, 5.74) is 0.952. The lowest BCUT2D eigenvalue weighted by molar-refractivity contribution is -0.142. The van der Waals surface area contributed by atoms with Crippen LogP contribution in [0.3, 0.4) is 0 Å². The highest BCUT2D eigenvalue weighted by Gasteiger charge is 2.38. The summed E-state index contributed by atoms with van der Waals surface area (Å²) in [5.74, 6) is 0.858. The van der Waals surface area contributed by atoms with Crippen molar-refractivity contribution < 1.29 is 9.90 Å². The van der Waals surface area contributed by atoms with Gasteiger partial charge in [0, 0.05) is 13.1 Å². The second kappa shape index (κ2) is 5.60. The number of aryl methyl sites for hydroxylation is 1. The third-order valence-electron chi connectivity index (χ3n) is 4.11. The highest BCUT2D eigenvalue weighted by Crippen LogP contribution is 2.35. The molecule has 1 aliphatic rings. The molecular formula is C15H19N3O2S. The summed E-state index contributed by atoms with van der Waals surface area (Å²) in [5, 5.41) is 11.5. The molecule has 2 aromatic rings. The molecule has 1 N–H and O–H groups in total. The van der Waals surface area contributed by atoms with E-state index in [0.29, 0.717) is 6.54 Å². The van der Waals surface area contributed by atoms with E-state index in [0.717, 1.165) is 41.2 Å². The van der Waals surface area contributed by atoms with Crippen LogP contribution in [0.4, 0.5) is 5.82 Å². The third kappa shape index (κ3) is 2.60. The molecule has 5 nitrogen and oxygen atoms in total. The number of hydrogen-bond acceptors (Lipinski definition) is 5. The van der Waals surface area contributed by atoms with Gasteiger partial charge in [0.1, 0.15) is 11.6 Å². The van der Waals surface area contributed by atoms with Crippen molar-refractivity contribution in [1.82, 2.24) is 9.97 Å². The largest absolute Gasteiger partial charge is 0.481 e. The van der Waals surface area contributed by atoms with Crippen LogP contribution in [0.25, 0.3) is 10.2 Å². The molecule has 1 aliphatic heterocycles. The lowest BCUT2D eigenvalue weighted by Crippen LogP contribution is -2.24. The fourth-order valence-corrected chi connectivity index (χ4v) is 4.01. The number of rotatable bonds is 4. The van der Waals surface area contributed by atoms with E-state index >= 15 is 0 Å². The van der Waals surface area contributed by atoms with Crippen LogP contribution >= 0.6 is 11.3 Å². The van der Waals surface area contributed by atoms with Gasteiger partial charge in [0.25, 0.3) is 0 Å². The molecule has 3 heterocycles. The van der Waals surface area contributed by atoms with E-state index < -0.39 is 5.97 Å². The van der Waals surface area contributed by atoms with E-state index in [1.807, 2.05) is 18.4 Å². The van der Waals surface area contributed by atoms with Gasteiger partial charge in [0.2, 0.25) is 0 Å². The quantitative estimate of drug-likeness (QED) is 0.940. The van der Waals surface area contributed by atoms with Crippen LogP contribution in [0.5, 0.6) is 0 Å². The van der Waals surface area contributed by atoms with Crippen molar-refractivity contribution in [3.8, 4) is 0 Å². The topological polar surface area (TPSA) is 66.3 Å². The van der Waals surface area contributed by atoms with Crippen LogP contribution < -0.4 is 4.90 Å². The number of aromatic nitrogens is 2. The van der Waals surface area contributed by atoms with Crippen LogP contribution in [0.1, 0.15) is 25.6 Å². The molecule has 1 fully saturated rings. The predicted octanol–water partition coefficient (Wildman–Crippen LogP) is 2.94. The zero-order valence-electron chi connectivity index (χ0n) is 12.2. The Labute approximate surface area is 127 Å². The molecule has 112 valence electrons. The summed E-state index contributed by atoms with van der Waals surface area (Å²) in [6, 6.07) is 1.99. The maximum Gasteiger partial charge on any atom is 0.308 e. The molecule has 0 aromatic carbocycles. The normalized spacial score (nSPS) is 22.1. The van der Waals surface area contributed by atoms with Gasteiger partial charge in [-0.2, -0.15) is 0 Å². The van der Waals surface area contributed by atoms with Gasteiger partial charge in [0.05, 0.1) is 16.1 Å². The molecule has 1 saturated heterocycles. The molecule has 0 saturated carbocycles. The van der Waals surface area contributed by atoms with Crippen LogP contribution in [-0.4, -0.2) is 34.1 Å². The summed E-state index contributed by atoms with van der Waals surface area (Å²) < 4.78 is 1.06. The maximum atomic E-state index is 11.5. The van der Waals surface area contributed by atoms with Crippen molar-refractivity contribution in [2.75, 3.05) is 18.0 Å². The Balaban J connectivity index is 1.96. The number of aliphatic carboxylic acids is 1. The number of nitrogens with zero attached hydrogens (tertiary/aromatic N) is 3. The Kier molecular flexibility index (Phi) is 3.80. The van der Waals surface area contributed by atoms with Crippen molar-refractivity contribution in [2.24, 2.45) is 11.8 Å². The Morgan fingerprint density at radius 2 is 2.29 bits per heavy atom. The molecule has 0 spiro atoms. The minimum Gasteiger partial charge on any atom is -0.481 e. The summed E-state index contributed by atoms with van der Waals surface area (Å²) in [7, 11) is 0. The molecule has 0 bridgehead atoms. The number of fused-ring (bicyclic) bond motifs is 1. The van der Waals surface area contributed by atoms with E-state index in [4.69, 9.17) is 0 Å². The molecular weight excluding hydrogens is 286 g/mol. The summed E-state index contributed by atoms with van der Waals surface area (Å²) >= 11 is 1.62. The van der Waals surface area contributed by atoms with Gasteiger partial charge in [-0.15, -0.1) is 11.3 Å². The highest BCUT2D eigenvalue weighted by molar-refractivity contribution is 7.17. The number of hydrogen-bond donors (Lipinski definition) is 1. The van der Waals surface area contributed by atoms with E-state index in [9.17, 15) is 9.90 Å². The van der Waals surface area contributed by atoms with Crippen LogP contribution in [-0.2, 0) is 4.79 Å².